The third kappa shape index (κ3) is 6.79. The molecule has 0 heterocycles. The number of nitrogens with one attached hydrogen (secondary N) is 1. The number of carbonyl (C=O) groups excluding carboxylic acids is 2. The van der Waals surface area contributed by atoms with E-state index in [0.29, 0.717) is 37.4 Å². The van der Waals surface area contributed by atoms with Gasteiger partial charge < -0.3 is 15.0 Å². The SMILES string of the molecule is CC[C@@H](C(=O)NC)N(Cc1ccccc1C)C(=O)CCCOc1ccc(Cl)cc1. The van der Waals surface area contributed by atoms with E-state index in [2.05, 4.69) is 5.32 Å². The minimum atomic E-state index is -0.496. The van der Waals surface area contributed by atoms with Crippen LogP contribution in [-0.4, -0.2) is 36.4 Å². The van der Waals surface area contributed by atoms with Crippen LogP contribution in [0.1, 0.15) is 37.3 Å². The Hall–Kier alpha value is -2.53. The summed E-state index contributed by atoms with van der Waals surface area (Å²) in [5, 5.41) is 3.33. The second kappa shape index (κ2) is 11.5. The summed E-state index contributed by atoms with van der Waals surface area (Å²) in [4.78, 5) is 27.1. The maximum atomic E-state index is 13.0. The Morgan fingerprint density at radius 3 is 2.45 bits per heavy atom. The zero-order chi connectivity index (χ0) is 21.2. The highest BCUT2D eigenvalue weighted by Gasteiger charge is 2.27. The van der Waals surface area contributed by atoms with E-state index in [-0.39, 0.29) is 11.8 Å². The Bertz CT molecular complexity index is 808. The van der Waals surface area contributed by atoms with Gasteiger partial charge in [-0.2, -0.15) is 0 Å². The molecule has 0 aromatic heterocycles. The number of hydrogen-bond donors (Lipinski definition) is 1. The molecule has 0 saturated heterocycles. The summed E-state index contributed by atoms with van der Waals surface area (Å²) >= 11 is 5.87. The smallest absolute Gasteiger partial charge is 0.242 e. The van der Waals surface area contributed by atoms with Crippen molar-refractivity contribution in [2.24, 2.45) is 0 Å². The van der Waals surface area contributed by atoms with Crippen LogP contribution in [0.25, 0.3) is 0 Å². The van der Waals surface area contributed by atoms with E-state index in [1.807, 2.05) is 38.1 Å². The molecule has 6 heteroatoms. The van der Waals surface area contributed by atoms with Crippen LogP contribution in [0.2, 0.25) is 5.02 Å². The molecular weight excluding hydrogens is 388 g/mol. The topological polar surface area (TPSA) is 58.6 Å². The molecule has 0 aliphatic heterocycles. The highest BCUT2D eigenvalue weighted by Crippen LogP contribution is 2.18. The number of aryl methyl sites for hydroxylation is 1. The fourth-order valence-electron chi connectivity index (χ4n) is 3.14. The highest BCUT2D eigenvalue weighted by atomic mass is 35.5. The second-order valence-corrected chi connectivity index (χ2v) is 7.33. The molecule has 0 spiro atoms. The zero-order valence-electron chi connectivity index (χ0n) is 17.3. The molecule has 0 fully saturated rings. The van der Waals surface area contributed by atoms with Crippen molar-refractivity contribution in [2.45, 2.75) is 45.7 Å². The zero-order valence-corrected chi connectivity index (χ0v) is 18.0. The molecule has 2 aromatic rings. The van der Waals surface area contributed by atoms with Gasteiger partial charge in [0.25, 0.3) is 0 Å². The molecule has 0 aliphatic carbocycles. The summed E-state index contributed by atoms with van der Waals surface area (Å²) in [6, 6.07) is 14.6. The quantitative estimate of drug-likeness (QED) is 0.585. The first-order valence-corrected chi connectivity index (χ1v) is 10.3. The second-order valence-electron chi connectivity index (χ2n) is 6.89. The minimum absolute atomic E-state index is 0.0524. The van der Waals surface area contributed by atoms with Crippen LogP contribution >= 0.6 is 11.6 Å². The Labute approximate surface area is 178 Å². The molecule has 0 radical (unpaired) electrons. The largest absolute Gasteiger partial charge is 0.494 e. The molecule has 2 rings (SSSR count). The van der Waals surface area contributed by atoms with Gasteiger partial charge in [-0.25, -0.2) is 0 Å². The van der Waals surface area contributed by atoms with Gasteiger partial charge in [0.1, 0.15) is 11.8 Å². The van der Waals surface area contributed by atoms with E-state index < -0.39 is 6.04 Å². The van der Waals surface area contributed by atoms with Crippen LogP contribution in [0, 0.1) is 6.92 Å². The maximum absolute atomic E-state index is 13.0. The van der Waals surface area contributed by atoms with Gasteiger partial charge in [-0.3, -0.25) is 9.59 Å². The predicted octanol–water partition coefficient (Wildman–Crippen LogP) is 4.36. The Balaban J connectivity index is 2.02. The summed E-state index contributed by atoms with van der Waals surface area (Å²) in [7, 11) is 1.60. The van der Waals surface area contributed by atoms with Gasteiger partial charge in [0, 0.05) is 25.0 Å². The standard InChI is InChI=1S/C23H29ClN2O3/c1-4-21(23(28)25-3)26(16-18-9-6-5-8-17(18)2)22(27)10-7-15-29-20-13-11-19(24)12-14-20/h5-6,8-9,11-14,21H,4,7,10,15-16H2,1-3H3,(H,25,28)/t21-/m0/s1. The maximum Gasteiger partial charge on any atom is 0.242 e. The van der Waals surface area contributed by atoms with Crippen LogP contribution in [0.15, 0.2) is 48.5 Å². The van der Waals surface area contributed by atoms with Crippen molar-refractivity contribution in [3.05, 3.63) is 64.7 Å². The number of amides is 2. The Morgan fingerprint density at radius 2 is 1.83 bits per heavy atom. The molecule has 0 bridgehead atoms. The first kappa shape index (κ1) is 22.8. The molecule has 2 amide bonds. The van der Waals surface area contributed by atoms with Crippen LogP contribution in [-0.2, 0) is 16.1 Å². The Kier molecular flexibility index (Phi) is 9.00. The molecule has 1 N–H and O–H groups in total. The molecule has 0 saturated carbocycles. The van der Waals surface area contributed by atoms with Gasteiger partial charge in [0.15, 0.2) is 0 Å². The number of likely N-dealkylation sites (N-methyl/N-ethyl adjacent to an activating group) is 1. The number of carbonyl (C=O) groups is 2. The summed E-state index contributed by atoms with van der Waals surface area (Å²) < 4.78 is 5.68. The van der Waals surface area contributed by atoms with Crippen LogP contribution in [0.4, 0.5) is 0 Å². The number of halogens is 1. The van der Waals surface area contributed by atoms with Gasteiger partial charge >= 0.3 is 0 Å². The number of ether oxygens (including phenoxy) is 1. The number of rotatable bonds is 10. The van der Waals surface area contributed by atoms with Crippen molar-refractivity contribution >= 4 is 23.4 Å². The van der Waals surface area contributed by atoms with Gasteiger partial charge in [-0.1, -0.05) is 42.8 Å². The van der Waals surface area contributed by atoms with Gasteiger partial charge in [0.2, 0.25) is 11.8 Å². The van der Waals surface area contributed by atoms with Crippen LogP contribution in [0.5, 0.6) is 5.75 Å². The van der Waals surface area contributed by atoms with Crippen molar-refractivity contribution in [1.82, 2.24) is 10.2 Å². The highest BCUT2D eigenvalue weighted by molar-refractivity contribution is 6.30. The van der Waals surface area contributed by atoms with E-state index in [1.54, 1.807) is 36.2 Å². The number of hydrogen-bond acceptors (Lipinski definition) is 3. The molecule has 2 aromatic carbocycles. The molecular formula is C23H29ClN2O3. The van der Waals surface area contributed by atoms with Crippen LogP contribution in [0.3, 0.4) is 0 Å². The van der Waals surface area contributed by atoms with Gasteiger partial charge in [-0.05, 0) is 55.2 Å². The predicted molar refractivity (Wildman–Crippen MR) is 116 cm³/mol. The average molecular weight is 417 g/mol. The number of benzene rings is 2. The third-order valence-corrected chi connectivity index (χ3v) is 5.10. The lowest BCUT2D eigenvalue weighted by atomic mass is 10.1. The van der Waals surface area contributed by atoms with E-state index >= 15 is 0 Å². The lowest BCUT2D eigenvalue weighted by Crippen LogP contribution is -2.48. The van der Waals surface area contributed by atoms with Crippen molar-refractivity contribution < 1.29 is 14.3 Å². The Morgan fingerprint density at radius 1 is 1.14 bits per heavy atom. The lowest BCUT2D eigenvalue weighted by molar-refractivity contribution is -0.141. The molecule has 1 atom stereocenters. The van der Waals surface area contributed by atoms with Gasteiger partial charge in [0.05, 0.1) is 6.61 Å². The average Bonchev–Trinajstić information content (AvgIpc) is 2.73. The normalized spacial score (nSPS) is 11.6. The van der Waals surface area contributed by atoms with Crippen molar-refractivity contribution in [3.8, 4) is 5.75 Å². The fourth-order valence-corrected chi connectivity index (χ4v) is 3.27. The summed E-state index contributed by atoms with van der Waals surface area (Å²) in [6.07, 6.45) is 1.43. The van der Waals surface area contributed by atoms with E-state index in [1.165, 1.54) is 0 Å². The first-order valence-electron chi connectivity index (χ1n) is 9.90. The molecule has 29 heavy (non-hydrogen) atoms. The monoisotopic (exact) mass is 416 g/mol. The first-order chi connectivity index (χ1) is 14.0. The van der Waals surface area contributed by atoms with E-state index in [4.69, 9.17) is 16.3 Å². The minimum Gasteiger partial charge on any atom is -0.494 e. The van der Waals surface area contributed by atoms with Crippen molar-refractivity contribution in [3.63, 3.8) is 0 Å². The third-order valence-electron chi connectivity index (χ3n) is 4.85. The van der Waals surface area contributed by atoms with Crippen molar-refractivity contribution in [2.75, 3.05) is 13.7 Å². The summed E-state index contributed by atoms with van der Waals surface area (Å²) in [6.45, 7) is 4.76. The molecule has 0 unspecified atom stereocenters. The van der Waals surface area contributed by atoms with E-state index in [9.17, 15) is 9.59 Å². The molecule has 156 valence electrons. The molecule has 0 aliphatic rings. The van der Waals surface area contributed by atoms with Crippen molar-refractivity contribution in [1.29, 1.82) is 0 Å². The summed E-state index contributed by atoms with van der Waals surface area (Å²) in [5.41, 5.74) is 2.14. The van der Waals surface area contributed by atoms with E-state index in [0.717, 1.165) is 16.9 Å². The van der Waals surface area contributed by atoms with Gasteiger partial charge in [-0.15, -0.1) is 0 Å². The fraction of sp³-hybridized carbons (Fsp3) is 0.391. The number of nitrogens with zero attached hydrogens (tertiary/aromatic N) is 1. The summed E-state index contributed by atoms with van der Waals surface area (Å²) in [5.74, 6) is 0.519. The van der Waals surface area contributed by atoms with Crippen LogP contribution < -0.4 is 10.1 Å². The molecule has 5 nitrogen and oxygen atoms in total. The lowest BCUT2D eigenvalue weighted by Gasteiger charge is -2.30.